The van der Waals surface area contributed by atoms with Gasteiger partial charge >= 0.3 is 11.9 Å². The topological polar surface area (TPSA) is 52.6 Å². The molecular formula is C14H23ClO4. The standard InChI is InChI=1S/C14H23ClO4/c1-10(2)5-7-18-13(16)9-12(15)14(17)19-8-6-11(3)4/h9-11H,5-8H2,1-4H3/b12-9+. The molecule has 0 rings (SSSR count). The highest BCUT2D eigenvalue weighted by molar-refractivity contribution is 6.42. The minimum atomic E-state index is -0.692. The fraction of sp³-hybridized carbons (Fsp3) is 0.714. The van der Waals surface area contributed by atoms with Crippen LogP contribution in [0.2, 0.25) is 0 Å². The predicted molar refractivity (Wildman–Crippen MR) is 74.8 cm³/mol. The Hall–Kier alpha value is -1.03. The summed E-state index contributed by atoms with van der Waals surface area (Å²) in [7, 11) is 0. The van der Waals surface area contributed by atoms with Crippen molar-refractivity contribution in [3.63, 3.8) is 0 Å². The molecule has 0 heterocycles. The number of halogens is 1. The summed E-state index contributed by atoms with van der Waals surface area (Å²) in [5.74, 6) is -0.417. The second-order valence-corrected chi connectivity index (χ2v) is 5.57. The van der Waals surface area contributed by atoms with Crippen molar-refractivity contribution in [1.29, 1.82) is 0 Å². The Labute approximate surface area is 120 Å². The molecular weight excluding hydrogens is 268 g/mol. The lowest BCUT2D eigenvalue weighted by Gasteiger charge is -2.06. The summed E-state index contributed by atoms with van der Waals surface area (Å²) in [6, 6.07) is 0. The lowest BCUT2D eigenvalue weighted by molar-refractivity contribution is -0.141. The Morgan fingerprint density at radius 1 is 1.00 bits per heavy atom. The van der Waals surface area contributed by atoms with Gasteiger partial charge < -0.3 is 9.47 Å². The second-order valence-electron chi connectivity index (χ2n) is 5.16. The van der Waals surface area contributed by atoms with E-state index in [0.717, 1.165) is 18.9 Å². The zero-order valence-corrected chi connectivity index (χ0v) is 12.8. The highest BCUT2D eigenvalue weighted by Gasteiger charge is 2.11. The van der Waals surface area contributed by atoms with Crippen molar-refractivity contribution in [2.24, 2.45) is 11.8 Å². The first-order valence-electron chi connectivity index (χ1n) is 6.54. The van der Waals surface area contributed by atoms with Crippen LogP contribution in [-0.4, -0.2) is 25.2 Å². The maximum absolute atomic E-state index is 11.4. The summed E-state index contributed by atoms with van der Waals surface area (Å²) in [6.45, 7) is 8.72. The Morgan fingerprint density at radius 2 is 1.47 bits per heavy atom. The molecule has 0 atom stereocenters. The lowest BCUT2D eigenvalue weighted by atomic mass is 10.1. The number of hydrogen-bond donors (Lipinski definition) is 0. The number of carbonyl (C=O) groups is 2. The molecule has 0 saturated carbocycles. The molecule has 0 radical (unpaired) electrons. The van der Waals surface area contributed by atoms with Crippen LogP contribution in [0, 0.1) is 11.8 Å². The van der Waals surface area contributed by atoms with Gasteiger partial charge in [0, 0.05) is 6.08 Å². The van der Waals surface area contributed by atoms with Gasteiger partial charge in [-0.3, -0.25) is 0 Å². The Balaban J connectivity index is 4.01. The van der Waals surface area contributed by atoms with E-state index in [1.54, 1.807) is 0 Å². The molecule has 0 spiro atoms. The number of hydrogen-bond acceptors (Lipinski definition) is 4. The van der Waals surface area contributed by atoms with E-state index in [1.165, 1.54) is 0 Å². The van der Waals surface area contributed by atoms with Crippen LogP contribution in [0.4, 0.5) is 0 Å². The van der Waals surface area contributed by atoms with Crippen molar-refractivity contribution < 1.29 is 19.1 Å². The van der Waals surface area contributed by atoms with E-state index in [4.69, 9.17) is 21.1 Å². The van der Waals surface area contributed by atoms with Crippen LogP contribution in [0.5, 0.6) is 0 Å². The maximum Gasteiger partial charge on any atom is 0.350 e. The molecule has 5 heteroatoms. The molecule has 0 aliphatic heterocycles. The van der Waals surface area contributed by atoms with E-state index in [0.29, 0.717) is 25.0 Å². The molecule has 0 N–H and O–H groups in total. The molecule has 0 bridgehead atoms. The summed E-state index contributed by atoms with van der Waals surface area (Å²) < 4.78 is 9.82. The fourth-order valence-electron chi connectivity index (χ4n) is 1.06. The normalized spacial score (nSPS) is 11.8. The van der Waals surface area contributed by atoms with Crippen molar-refractivity contribution in [1.82, 2.24) is 0 Å². The third kappa shape index (κ3) is 10.6. The van der Waals surface area contributed by atoms with E-state index < -0.39 is 11.9 Å². The summed E-state index contributed by atoms with van der Waals surface area (Å²) in [4.78, 5) is 22.7. The SMILES string of the molecule is CC(C)CCOC(=O)/C=C(/Cl)C(=O)OCCC(C)C. The average molecular weight is 291 g/mol. The van der Waals surface area contributed by atoms with Crippen LogP contribution in [0.15, 0.2) is 11.1 Å². The molecule has 0 aromatic heterocycles. The van der Waals surface area contributed by atoms with Gasteiger partial charge in [0.15, 0.2) is 0 Å². The molecule has 110 valence electrons. The Kier molecular flexibility index (Phi) is 9.31. The molecule has 0 aliphatic rings. The molecule has 0 saturated heterocycles. The predicted octanol–water partition coefficient (Wildman–Crippen LogP) is 3.29. The van der Waals surface area contributed by atoms with E-state index >= 15 is 0 Å². The van der Waals surface area contributed by atoms with Crippen LogP contribution in [0.3, 0.4) is 0 Å². The van der Waals surface area contributed by atoms with E-state index in [9.17, 15) is 9.59 Å². The van der Waals surface area contributed by atoms with Gasteiger partial charge in [0.1, 0.15) is 5.03 Å². The number of rotatable bonds is 8. The van der Waals surface area contributed by atoms with Gasteiger partial charge in [0.2, 0.25) is 0 Å². The number of esters is 2. The molecule has 0 amide bonds. The molecule has 19 heavy (non-hydrogen) atoms. The van der Waals surface area contributed by atoms with Gasteiger partial charge in [-0.15, -0.1) is 0 Å². The number of ether oxygens (including phenoxy) is 2. The van der Waals surface area contributed by atoms with Crippen molar-refractivity contribution in [3.05, 3.63) is 11.1 Å². The van der Waals surface area contributed by atoms with Gasteiger partial charge in [-0.2, -0.15) is 0 Å². The van der Waals surface area contributed by atoms with Gasteiger partial charge in [-0.25, -0.2) is 9.59 Å². The molecule has 0 fully saturated rings. The average Bonchev–Trinajstić information content (AvgIpc) is 2.27. The first kappa shape index (κ1) is 18.0. The van der Waals surface area contributed by atoms with Gasteiger partial charge in [0.25, 0.3) is 0 Å². The van der Waals surface area contributed by atoms with Gasteiger partial charge in [-0.05, 0) is 24.7 Å². The van der Waals surface area contributed by atoms with Crippen molar-refractivity contribution in [3.8, 4) is 0 Å². The van der Waals surface area contributed by atoms with E-state index in [-0.39, 0.29) is 5.03 Å². The van der Waals surface area contributed by atoms with Gasteiger partial charge in [0.05, 0.1) is 13.2 Å². The second kappa shape index (κ2) is 9.84. The lowest BCUT2D eigenvalue weighted by Crippen LogP contribution is -2.10. The monoisotopic (exact) mass is 290 g/mol. The molecule has 4 nitrogen and oxygen atoms in total. The Morgan fingerprint density at radius 3 is 1.95 bits per heavy atom. The summed E-state index contributed by atoms with van der Waals surface area (Å²) >= 11 is 5.67. The smallest absolute Gasteiger partial charge is 0.350 e. The van der Waals surface area contributed by atoms with E-state index in [1.807, 2.05) is 27.7 Å². The van der Waals surface area contributed by atoms with Crippen LogP contribution in [0.1, 0.15) is 40.5 Å². The van der Waals surface area contributed by atoms with E-state index in [2.05, 4.69) is 0 Å². The largest absolute Gasteiger partial charge is 0.462 e. The highest BCUT2D eigenvalue weighted by atomic mass is 35.5. The summed E-state index contributed by atoms with van der Waals surface area (Å²) in [6.07, 6.45) is 2.49. The third-order valence-electron chi connectivity index (χ3n) is 2.31. The maximum atomic E-state index is 11.4. The zero-order valence-electron chi connectivity index (χ0n) is 12.1. The van der Waals surface area contributed by atoms with Crippen molar-refractivity contribution in [2.45, 2.75) is 40.5 Å². The molecule has 0 aromatic carbocycles. The third-order valence-corrected chi connectivity index (χ3v) is 2.57. The number of carbonyl (C=O) groups excluding carboxylic acids is 2. The van der Waals surface area contributed by atoms with Gasteiger partial charge in [-0.1, -0.05) is 39.3 Å². The van der Waals surface area contributed by atoms with Crippen molar-refractivity contribution in [2.75, 3.05) is 13.2 Å². The minimum absolute atomic E-state index is 0.252. The zero-order chi connectivity index (χ0) is 14.8. The van der Waals surface area contributed by atoms with Crippen molar-refractivity contribution >= 4 is 23.5 Å². The van der Waals surface area contributed by atoms with Crippen LogP contribution in [0.25, 0.3) is 0 Å². The highest BCUT2D eigenvalue weighted by Crippen LogP contribution is 2.07. The van der Waals surface area contributed by atoms with Crippen LogP contribution < -0.4 is 0 Å². The van der Waals surface area contributed by atoms with Crippen LogP contribution in [-0.2, 0) is 19.1 Å². The fourth-order valence-corrected chi connectivity index (χ4v) is 1.20. The first-order chi connectivity index (χ1) is 8.82. The Bertz CT molecular complexity index is 321. The quantitative estimate of drug-likeness (QED) is 0.508. The molecule has 0 unspecified atom stereocenters. The molecule has 0 aromatic rings. The van der Waals surface area contributed by atoms with Crippen LogP contribution >= 0.6 is 11.6 Å². The minimum Gasteiger partial charge on any atom is -0.462 e. The summed E-state index contributed by atoms with van der Waals surface area (Å²) in [5.41, 5.74) is 0. The first-order valence-corrected chi connectivity index (χ1v) is 6.91. The summed E-state index contributed by atoms with van der Waals surface area (Å²) in [5, 5.41) is -0.252. The molecule has 0 aliphatic carbocycles.